The van der Waals surface area contributed by atoms with Gasteiger partial charge in [-0.05, 0) is 53.8 Å². The molecule has 54 heavy (non-hydrogen) atoms. The minimum Gasteiger partial charge on any atom is -0.497 e. The average Bonchev–Trinajstić information content (AvgIpc) is 3.81. The normalized spacial score (nSPS) is 17.2. The van der Waals surface area contributed by atoms with E-state index >= 15 is 0 Å². The van der Waals surface area contributed by atoms with Gasteiger partial charge in [0, 0.05) is 19.5 Å². The molecule has 5 aromatic rings. The zero-order valence-corrected chi connectivity index (χ0v) is 31.3. The molecule has 1 fully saturated rings. The van der Waals surface area contributed by atoms with E-state index in [1.54, 1.807) is 25.1 Å². The van der Waals surface area contributed by atoms with E-state index < -0.39 is 24.0 Å². The third-order valence-corrected chi connectivity index (χ3v) is 9.68. The van der Waals surface area contributed by atoms with Crippen molar-refractivity contribution in [1.82, 2.24) is 24.6 Å². The van der Waals surface area contributed by atoms with Crippen molar-refractivity contribution in [3.8, 4) is 11.5 Å². The van der Waals surface area contributed by atoms with Crippen molar-refractivity contribution in [3.63, 3.8) is 0 Å². The molecule has 0 aliphatic carbocycles. The molecule has 13 heteroatoms. The first kappa shape index (κ1) is 38.4. The van der Waals surface area contributed by atoms with Crippen LogP contribution >= 0.6 is 0 Å². The van der Waals surface area contributed by atoms with Crippen LogP contribution in [0.5, 0.6) is 11.5 Å². The van der Waals surface area contributed by atoms with Crippen LogP contribution in [0.25, 0.3) is 11.0 Å². The van der Waals surface area contributed by atoms with E-state index in [4.69, 9.17) is 23.9 Å². The predicted octanol–water partition coefficient (Wildman–Crippen LogP) is 6.63. The summed E-state index contributed by atoms with van der Waals surface area (Å²) >= 11 is 0. The van der Waals surface area contributed by atoms with E-state index in [-0.39, 0.29) is 19.0 Å². The lowest BCUT2D eigenvalue weighted by Gasteiger charge is -2.37. The Labute approximate surface area is 316 Å². The molecule has 0 saturated carbocycles. The van der Waals surface area contributed by atoms with Crippen molar-refractivity contribution in [1.29, 1.82) is 0 Å². The van der Waals surface area contributed by atoms with Gasteiger partial charge in [-0.3, -0.25) is 10.1 Å². The van der Waals surface area contributed by atoms with E-state index in [1.165, 1.54) is 0 Å². The number of fused-ring (bicyclic) bond motifs is 1. The van der Waals surface area contributed by atoms with Gasteiger partial charge in [0.15, 0.2) is 17.7 Å². The number of aliphatic imine (C=N–C) groups is 1. The van der Waals surface area contributed by atoms with E-state index in [2.05, 4.69) is 39.1 Å². The number of hydrogen-bond acceptors (Lipinski definition) is 10. The Morgan fingerprint density at radius 2 is 1.54 bits per heavy atom. The van der Waals surface area contributed by atoms with Crippen LogP contribution < -0.4 is 14.8 Å². The summed E-state index contributed by atoms with van der Waals surface area (Å²) in [6.07, 6.45) is 6.17. The first-order valence-corrected chi connectivity index (χ1v) is 18.5. The molecule has 6 rings (SSSR count). The highest BCUT2D eigenvalue weighted by Crippen LogP contribution is 2.43. The number of amides is 1. The Balaban J connectivity index is 1.31. The second-order valence-corrected chi connectivity index (χ2v) is 13.2. The van der Waals surface area contributed by atoms with Crippen molar-refractivity contribution in [2.75, 3.05) is 39.2 Å². The summed E-state index contributed by atoms with van der Waals surface area (Å²) in [5.74, 6) is 1.89. The van der Waals surface area contributed by atoms with Crippen molar-refractivity contribution in [3.05, 3.63) is 102 Å². The lowest BCUT2D eigenvalue weighted by Crippen LogP contribution is -2.38. The number of aromatic nitrogens is 4. The van der Waals surface area contributed by atoms with Gasteiger partial charge in [-0.25, -0.2) is 9.67 Å². The number of benzene rings is 3. The highest BCUT2D eigenvalue weighted by atomic mass is 16.6. The average molecular weight is 736 g/mol. The summed E-state index contributed by atoms with van der Waals surface area (Å²) in [6, 6.07) is 25.5. The number of carbonyl (C=O) groups is 1. The van der Waals surface area contributed by atoms with Gasteiger partial charge < -0.3 is 29.0 Å². The highest BCUT2D eigenvalue weighted by Gasteiger charge is 2.42. The summed E-state index contributed by atoms with van der Waals surface area (Å²) in [5.41, 5.74) is 1.96. The Bertz CT molecular complexity index is 1910. The molecule has 0 radical (unpaired) electrons. The fraction of sp³-hybridized carbons (Fsp3) is 0.390. The molecule has 1 aliphatic rings. The van der Waals surface area contributed by atoms with Crippen LogP contribution in [0.3, 0.4) is 0 Å². The summed E-state index contributed by atoms with van der Waals surface area (Å²) in [4.78, 5) is 27.5. The number of carbonyl (C=O) groups excluding carboxylic acids is 1. The number of unbranched alkanes of at least 4 members (excludes halogenated alkanes) is 2. The summed E-state index contributed by atoms with van der Waals surface area (Å²) in [7, 11) is 3.27. The number of nitrogens with one attached hydrogen (secondary N) is 1. The van der Waals surface area contributed by atoms with E-state index in [1.807, 2.05) is 85.2 Å². The highest BCUT2D eigenvalue weighted by molar-refractivity contribution is 5.88. The monoisotopic (exact) mass is 735 g/mol. The molecule has 3 atom stereocenters. The number of aliphatic hydroxyl groups excluding tert-OH is 1. The maximum absolute atomic E-state index is 11.5. The second-order valence-electron chi connectivity index (χ2n) is 13.2. The van der Waals surface area contributed by atoms with Crippen molar-refractivity contribution in [2.24, 2.45) is 4.99 Å². The molecule has 13 nitrogen and oxygen atoms in total. The quantitative estimate of drug-likeness (QED) is 0.0410. The van der Waals surface area contributed by atoms with E-state index in [0.29, 0.717) is 34.8 Å². The zero-order chi connectivity index (χ0) is 37.9. The smallest absolute Gasteiger partial charge is 0.233 e. The summed E-state index contributed by atoms with van der Waals surface area (Å²) in [5, 5.41) is 19.2. The largest absolute Gasteiger partial charge is 0.497 e. The molecule has 1 amide bonds. The third-order valence-electron chi connectivity index (χ3n) is 9.68. The SMILES string of the molecule is CCCCN(C=Nc1nc(NC=O)nc2c1cnn2[C@@H]1C[C@H](O)[C@@H](COC(c2ccccc2)(c2ccc(OC)cc2)c2ccc(OC)cc2)O1)CCCC. The van der Waals surface area contributed by atoms with Crippen LogP contribution in [-0.4, -0.2) is 88.6 Å². The van der Waals surface area contributed by atoms with Crippen LogP contribution in [0.15, 0.2) is 90.1 Å². The van der Waals surface area contributed by atoms with Gasteiger partial charge in [0.2, 0.25) is 12.4 Å². The molecule has 1 aliphatic heterocycles. The molecule has 0 bridgehead atoms. The predicted molar refractivity (Wildman–Crippen MR) is 207 cm³/mol. The van der Waals surface area contributed by atoms with Crippen LogP contribution in [0.1, 0.15) is 68.9 Å². The zero-order valence-electron chi connectivity index (χ0n) is 31.3. The molecule has 0 unspecified atom stereocenters. The number of methoxy groups -OCH3 is 2. The third kappa shape index (κ3) is 8.38. The van der Waals surface area contributed by atoms with Gasteiger partial charge in [0.05, 0.1) is 44.9 Å². The fourth-order valence-electron chi connectivity index (χ4n) is 6.72. The maximum Gasteiger partial charge on any atom is 0.233 e. The van der Waals surface area contributed by atoms with E-state index in [0.717, 1.165) is 55.5 Å². The Morgan fingerprint density at radius 1 is 0.926 bits per heavy atom. The Kier molecular flexibility index (Phi) is 12.9. The number of rotatable bonds is 19. The summed E-state index contributed by atoms with van der Waals surface area (Å²) < 4.78 is 26.1. The van der Waals surface area contributed by atoms with Crippen molar-refractivity contribution >= 4 is 35.5 Å². The van der Waals surface area contributed by atoms with Crippen molar-refractivity contribution in [2.45, 2.75) is 70.0 Å². The molecule has 0 spiro atoms. The van der Waals surface area contributed by atoms with Gasteiger partial charge in [-0.2, -0.15) is 15.1 Å². The van der Waals surface area contributed by atoms with Crippen molar-refractivity contribution < 1.29 is 28.8 Å². The summed E-state index contributed by atoms with van der Waals surface area (Å²) in [6.45, 7) is 6.13. The van der Waals surface area contributed by atoms with Crippen LogP contribution in [0.4, 0.5) is 11.8 Å². The fourth-order valence-corrected chi connectivity index (χ4v) is 6.72. The van der Waals surface area contributed by atoms with Crippen LogP contribution in [0.2, 0.25) is 0 Å². The van der Waals surface area contributed by atoms with E-state index in [9.17, 15) is 9.90 Å². The van der Waals surface area contributed by atoms with Crippen LogP contribution in [0, 0.1) is 0 Å². The number of anilines is 1. The van der Waals surface area contributed by atoms with Gasteiger partial charge in [0.25, 0.3) is 0 Å². The minimum atomic E-state index is -1.09. The van der Waals surface area contributed by atoms with Gasteiger partial charge in [-0.1, -0.05) is 81.3 Å². The van der Waals surface area contributed by atoms with Crippen LogP contribution in [-0.2, 0) is 19.9 Å². The molecule has 3 heterocycles. The second kappa shape index (κ2) is 18.1. The van der Waals surface area contributed by atoms with Gasteiger partial charge in [0.1, 0.15) is 23.2 Å². The minimum absolute atomic E-state index is 0.0393. The number of hydrogen-bond donors (Lipinski definition) is 2. The number of ether oxygens (including phenoxy) is 4. The molecule has 2 aromatic heterocycles. The Morgan fingerprint density at radius 3 is 2.11 bits per heavy atom. The molecular formula is C41H49N7O6. The van der Waals surface area contributed by atoms with Gasteiger partial charge >= 0.3 is 0 Å². The lowest BCUT2D eigenvalue weighted by atomic mass is 9.80. The number of aliphatic hydroxyl groups is 1. The Hall–Kier alpha value is -5.37. The first-order valence-electron chi connectivity index (χ1n) is 18.5. The lowest BCUT2D eigenvalue weighted by molar-refractivity contribution is -0.105. The number of nitrogens with zero attached hydrogens (tertiary/aromatic N) is 6. The molecule has 284 valence electrons. The first-order chi connectivity index (χ1) is 26.4. The van der Waals surface area contributed by atoms with Gasteiger partial charge in [-0.15, -0.1) is 0 Å². The standard InChI is InChI=1S/C41H49N7O6/c1-5-7-22-47(23-8-6-2)27-42-38-34-25-44-48(39(34)46-40(45-38)43-28-49)37-24-35(50)36(54-37)26-53-41(29-12-10-9-11-13-29,30-14-18-32(51-3)19-15-30)31-16-20-33(52-4)21-17-31/h9-21,25,27-28,35-37,50H,5-8,22-24,26H2,1-4H3,(H,43,45,46,49)/t35-,36+,37-/m0/s1. The molecule has 2 N–H and O–H groups in total. The molecular weight excluding hydrogens is 686 g/mol. The molecule has 1 saturated heterocycles. The topological polar surface area (TPSA) is 145 Å². The molecule has 3 aromatic carbocycles. The maximum atomic E-state index is 11.5.